The van der Waals surface area contributed by atoms with E-state index in [9.17, 15) is 18.0 Å². The third-order valence-electron chi connectivity index (χ3n) is 12.1. The zero-order valence-electron chi connectivity index (χ0n) is 35.9. The number of hydrogen-bond acceptors (Lipinski definition) is 12. The summed E-state index contributed by atoms with van der Waals surface area (Å²) in [5.74, 6) is 1.21. The van der Waals surface area contributed by atoms with E-state index in [0.717, 1.165) is 112 Å². The van der Waals surface area contributed by atoms with Crippen molar-refractivity contribution in [3.8, 4) is 23.0 Å². The van der Waals surface area contributed by atoms with E-state index in [1.165, 1.54) is 12.1 Å². The van der Waals surface area contributed by atoms with Crippen molar-refractivity contribution in [3.05, 3.63) is 91.9 Å². The van der Waals surface area contributed by atoms with Gasteiger partial charge in [-0.2, -0.15) is 0 Å². The topological polar surface area (TPSA) is 142 Å². The van der Waals surface area contributed by atoms with Crippen molar-refractivity contribution in [3.63, 3.8) is 0 Å². The predicted molar refractivity (Wildman–Crippen MR) is 257 cm³/mol. The molecular weight excluding hydrogens is 938 g/mol. The number of fused-ring (bicyclic) bond motifs is 2. The molecule has 0 bridgehead atoms. The van der Waals surface area contributed by atoms with Crippen LogP contribution in [0.2, 0.25) is 20.1 Å². The SMILES string of the molecule is O=C1CCc2ccc(OCCCCN3CCN(c4ccc(OS(=O)(=O)Oc5ccc(N6CCN(CCCCOc7ccc8c(c7)NC(=O)CC8)CC6)c(Cl)c5Cl)c(Cl)c4Cl)CC3)cc2N1. The minimum atomic E-state index is -4.70. The van der Waals surface area contributed by atoms with Crippen LogP contribution in [-0.2, 0) is 32.8 Å². The number of nitrogens with zero attached hydrogens (tertiary/aromatic N) is 4. The van der Waals surface area contributed by atoms with Crippen LogP contribution in [0.3, 0.4) is 0 Å². The molecule has 4 aliphatic heterocycles. The maximum Gasteiger partial charge on any atom is 0.501 e. The first-order valence-electron chi connectivity index (χ1n) is 22.0. The lowest BCUT2D eigenvalue weighted by Crippen LogP contribution is -2.46. The fourth-order valence-electron chi connectivity index (χ4n) is 8.46. The Bertz CT molecular complexity index is 2320. The van der Waals surface area contributed by atoms with Crippen molar-refractivity contribution in [2.24, 2.45) is 0 Å². The number of rotatable bonds is 18. The number of amides is 2. The highest BCUT2D eigenvalue weighted by Crippen LogP contribution is 2.43. The number of hydrogen-bond donors (Lipinski definition) is 2. The number of ether oxygens (including phenoxy) is 2. The molecule has 0 aliphatic carbocycles. The molecule has 0 atom stereocenters. The summed E-state index contributed by atoms with van der Waals surface area (Å²) < 4.78 is 48.8. The summed E-state index contributed by atoms with van der Waals surface area (Å²) in [6.45, 7) is 9.11. The van der Waals surface area contributed by atoms with Crippen LogP contribution in [0.5, 0.6) is 23.0 Å². The predicted octanol–water partition coefficient (Wildman–Crippen LogP) is 8.73. The molecule has 8 rings (SSSR count). The number of nitrogens with one attached hydrogen (secondary N) is 2. The molecule has 2 amide bonds. The Hall–Kier alpha value is -4.35. The molecule has 0 unspecified atom stereocenters. The molecule has 19 heteroatoms. The molecule has 4 aromatic carbocycles. The van der Waals surface area contributed by atoms with Crippen LogP contribution in [0.4, 0.5) is 22.7 Å². The molecule has 0 radical (unpaired) electrons. The summed E-state index contributed by atoms with van der Waals surface area (Å²) in [7, 11) is -4.70. The Morgan fingerprint density at radius 3 is 1.34 bits per heavy atom. The number of aryl methyl sites for hydroxylation is 2. The highest BCUT2D eigenvalue weighted by Gasteiger charge is 2.27. The summed E-state index contributed by atoms with van der Waals surface area (Å²) >= 11 is 26.6. The summed E-state index contributed by atoms with van der Waals surface area (Å²) in [6.07, 6.45) is 6.26. The van der Waals surface area contributed by atoms with Crippen molar-refractivity contribution in [1.82, 2.24) is 9.80 Å². The summed E-state index contributed by atoms with van der Waals surface area (Å²) in [4.78, 5) is 32.5. The molecule has 348 valence electrons. The van der Waals surface area contributed by atoms with Crippen molar-refractivity contribution >= 4 is 91.4 Å². The Balaban J connectivity index is 0.745. The van der Waals surface area contributed by atoms with Gasteiger partial charge < -0.3 is 38.3 Å². The second-order valence-corrected chi connectivity index (χ2v) is 19.2. The van der Waals surface area contributed by atoms with Crippen molar-refractivity contribution in [2.75, 3.05) is 99.1 Å². The van der Waals surface area contributed by atoms with Gasteiger partial charge in [-0.05, 0) is 99.1 Å². The van der Waals surface area contributed by atoms with Gasteiger partial charge in [-0.1, -0.05) is 58.5 Å². The Morgan fingerprint density at radius 1 is 0.508 bits per heavy atom. The van der Waals surface area contributed by atoms with E-state index in [1.54, 1.807) is 12.1 Å². The van der Waals surface area contributed by atoms with E-state index in [-0.39, 0.29) is 43.4 Å². The molecule has 0 saturated carbocycles. The first kappa shape index (κ1) is 47.2. The fraction of sp³-hybridized carbons (Fsp3) is 0.435. The quantitative estimate of drug-likeness (QED) is 0.0922. The first-order chi connectivity index (χ1) is 31.4. The monoisotopic (exact) mass is 988 g/mol. The van der Waals surface area contributed by atoms with Gasteiger partial charge in [0, 0.05) is 88.7 Å². The Labute approximate surface area is 400 Å². The van der Waals surface area contributed by atoms with E-state index in [0.29, 0.717) is 63.6 Å². The van der Waals surface area contributed by atoms with Crippen LogP contribution in [0.25, 0.3) is 0 Å². The summed E-state index contributed by atoms with van der Waals surface area (Å²) in [5.41, 5.74) is 5.28. The molecule has 4 aromatic rings. The zero-order valence-corrected chi connectivity index (χ0v) is 39.7. The fourth-order valence-corrected chi connectivity index (χ4v) is 10.2. The molecule has 2 fully saturated rings. The Morgan fingerprint density at radius 2 is 0.923 bits per heavy atom. The van der Waals surface area contributed by atoms with E-state index in [2.05, 4.69) is 30.2 Å². The van der Waals surface area contributed by atoms with Gasteiger partial charge in [0.05, 0.1) is 34.6 Å². The molecule has 2 saturated heterocycles. The van der Waals surface area contributed by atoms with Crippen LogP contribution in [0, 0.1) is 0 Å². The normalized spacial score (nSPS) is 16.9. The minimum absolute atomic E-state index is 0.0357. The van der Waals surface area contributed by atoms with E-state index < -0.39 is 10.4 Å². The standard InChI is InChI=1S/C46H52Cl4N6O8S/c47-43-37(55-23-19-53(20-24-55)17-1-3-27-61-33-9-5-31-7-15-41(57)51-35(31)29-33)11-13-39(45(43)49)63-65(59,60)64-40-14-12-38(44(48)46(40)50)56-25-21-54(22-26-56)18-2-4-28-62-34-10-6-32-8-16-42(58)52-36(32)30-34/h5-6,9-14,29-30H,1-4,7-8,15-28H2,(H,51,57)(H,52,58). The lowest BCUT2D eigenvalue weighted by molar-refractivity contribution is -0.117. The number of unbranched alkanes of at least 4 members (excludes halogenated alkanes) is 2. The highest BCUT2D eigenvalue weighted by molar-refractivity contribution is 7.82. The third-order valence-corrected chi connectivity index (χ3v) is 14.6. The van der Waals surface area contributed by atoms with Crippen molar-refractivity contribution < 1.29 is 35.8 Å². The third kappa shape index (κ3) is 12.2. The second kappa shape index (κ2) is 21.5. The molecule has 0 spiro atoms. The van der Waals surface area contributed by atoms with Crippen molar-refractivity contribution in [1.29, 1.82) is 0 Å². The molecule has 4 heterocycles. The number of carbonyl (C=O) groups excluding carboxylic acids is 2. The van der Waals surface area contributed by atoms with Crippen LogP contribution >= 0.6 is 46.4 Å². The van der Waals surface area contributed by atoms with Gasteiger partial charge in [-0.15, -0.1) is 8.42 Å². The number of piperazine rings is 2. The maximum absolute atomic E-state index is 13.1. The van der Waals surface area contributed by atoms with Crippen LogP contribution in [0.15, 0.2) is 60.7 Å². The molecule has 0 aromatic heterocycles. The van der Waals surface area contributed by atoms with E-state index >= 15 is 0 Å². The van der Waals surface area contributed by atoms with Crippen molar-refractivity contribution in [2.45, 2.75) is 51.4 Å². The van der Waals surface area contributed by atoms with Crippen LogP contribution < -0.4 is 38.3 Å². The molecule has 4 aliphatic rings. The van der Waals surface area contributed by atoms with Gasteiger partial charge in [0.15, 0.2) is 11.5 Å². The molecule has 2 N–H and O–H groups in total. The molecular formula is C46H52Cl4N6O8S. The van der Waals surface area contributed by atoms with Gasteiger partial charge in [-0.25, -0.2) is 0 Å². The summed E-state index contributed by atoms with van der Waals surface area (Å²) in [5, 5.41) is 6.05. The van der Waals surface area contributed by atoms with Gasteiger partial charge in [0.2, 0.25) is 11.8 Å². The van der Waals surface area contributed by atoms with Gasteiger partial charge in [0.25, 0.3) is 0 Å². The van der Waals surface area contributed by atoms with Gasteiger partial charge >= 0.3 is 10.4 Å². The number of benzene rings is 4. The number of halogens is 4. The van der Waals surface area contributed by atoms with Crippen LogP contribution in [-0.4, -0.2) is 109 Å². The highest BCUT2D eigenvalue weighted by atomic mass is 35.5. The second-order valence-electron chi connectivity index (χ2n) is 16.5. The lowest BCUT2D eigenvalue weighted by Gasteiger charge is -2.36. The maximum atomic E-state index is 13.1. The summed E-state index contributed by atoms with van der Waals surface area (Å²) in [6, 6.07) is 18.0. The van der Waals surface area contributed by atoms with Gasteiger partial charge in [0.1, 0.15) is 21.5 Å². The largest absolute Gasteiger partial charge is 0.501 e. The Kier molecular flexibility index (Phi) is 15.6. The zero-order chi connectivity index (χ0) is 45.5. The van der Waals surface area contributed by atoms with Gasteiger partial charge in [-0.3, -0.25) is 19.4 Å². The minimum Gasteiger partial charge on any atom is -0.494 e. The smallest absolute Gasteiger partial charge is 0.494 e. The number of anilines is 4. The number of carbonyl (C=O) groups is 2. The molecule has 65 heavy (non-hydrogen) atoms. The average Bonchev–Trinajstić information content (AvgIpc) is 3.29. The van der Waals surface area contributed by atoms with E-state index in [1.807, 2.05) is 36.4 Å². The molecule has 14 nitrogen and oxygen atoms in total. The average molecular weight is 991 g/mol. The first-order valence-corrected chi connectivity index (χ1v) is 24.9. The van der Waals surface area contributed by atoms with E-state index in [4.69, 9.17) is 64.2 Å². The van der Waals surface area contributed by atoms with Crippen LogP contribution in [0.1, 0.15) is 49.7 Å². The lowest BCUT2D eigenvalue weighted by atomic mass is 10.0.